The van der Waals surface area contributed by atoms with E-state index < -0.39 is 22.2 Å². The predicted molar refractivity (Wildman–Crippen MR) is 62.4 cm³/mol. The molecule has 0 bridgehead atoms. The van der Waals surface area contributed by atoms with Gasteiger partial charge in [-0.1, -0.05) is 0 Å². The molecule has 0 spiro atoms. The summed E-state index contributed by atoms with van der Waals surface area (Å²) in [6, 6.07) is 1.07. The Morgan fingerprint density at radius 3 is 2.62 bits per heavy atom. The lowest BCUT2D eigenvalue weighted by atomic mass is 10.2. The van der Waals surface area contributed by atoms with Crippen LogP contribution in [-0.4, -0.2) is 11.0 Å². The number of nitrogens with zero attached hydrogens (tertiary/aromatic N) is 1. The highest BCUT2D eigenvalue weighted by Crippen LogP contribution is 2.35. The largest absolute Gasteiger partial charge is 0.377 e. The first-order chi connectivity index (χ1) is 7.50. The average Bonchev–Trinajstić information content (AvgIpc) is 2.97. The van der Waals surface area contributed by atoms with Crippen LogP contribution in [-0.2, 0) is 0 Å². The van der Waals surface area contributed by atoms with E-state index in [2.05, 4.69) is 5.32 Å². The molecule has 86 valence electrons. The highest BCUT2D eigenvalue weighted by Gasteiger charge is 2.30. The molecule has 1 aliphatic rings. The van der Waals surface area contributed by atoms with Crippen molar-refractivity contribution in [3.8, 4) is 0 Å². The quantitative estimate of drug-likeness (QED) is 0.398. The Hall–Kier alpha value is -0.990. The summed E-state index contributed by atoms with van der Waals surface area (Å²) in [4.78, 5) is 9.88. The van der Waals surface area contributed by atoms with Gasteiger partial charge in [-0.15, -0.1) is 0 Å². The lowest BCUT2D eigenvalue weighted by Gasteiger charge is -2.07. The van der Waals surface area contributed by atoms with Crippen molar-refractivity contribution in [3.63, 3.8) is 0 Å². The van der Waals surface area contributed by atoms with Crippen molar-refractivity contribution < 1.29 is 13.7 Å². The summed E-state index contributed by atoms with van der Waals surface area (Å²) >= 11 is 1.41. The second-order valence-corrected chi connectivity index (χ2v) is 4.64. The molecular formula is C9H7F2IN2O2. The summed E-state index contributed by atoms with van der Waals surface area (Å²) in [7, 11) is 0. The zero-order valence-electron chi connectivity index (χ0n) is 7.97. The van der Waals surface area contributed by atoms with Gasteiger partial charge in [0.15, 0.2) is 0 Å². The van der Waals surface area contributed by atoms with Gasteiger partial charge in [0.1, 0.15) is 11.5 Å². The molecule has 7 heteroatoms. The molecule has 1 aliphatic carbocycles. The van der Waals surface area contributed by atoms with Crippen LogP contribution in [0.25, 0.3) is 0 Å². The second kappa shape index (κ2) is 4.11. The Balaban J connectivity index is 2.51. The standard InChI is InChI=1S/C9H7F2IN2O2/c10-5-3-6(13-4-1-2-4)9(14(15)16)7(11)8(5)12/h3-4,13H,1-2H2. The maximum absolute atomic E-state index is 13.5. The molecule has 4 nitrogen and oxygen atoms in total. The van der Waals surface area contributed by atoms with Gasteiger partial charge in [-0.3, -0.25) is 10.1 Å². The molecular weight excluding hydrogens is 333 g/mol. The van der Waals surface area contributed by atoms with Gasteiger partial charge in [0, 0.05) is 12.1 Å². The summed E-state index contributed by atoms with van der Waals surface area (Å²) in [6.45, 7) is 0. The van der Waals surface area contributed by atoms with Gasteiger partial charge in [-0.05, 0) is 35.4 Å². The number of rotatable bonds is 3. The normalized spacial score (nSPS) is 14.9. The van der Waals surface area contributed by atoms with Gasteiger partial charge < -0.3 is 5.32 Å². The van der Waals surface area contributed by atoms with E-state index in [-0.39, 0.29) is 15.3 Å². The minimum Gasteiger partial charge on any atom is -0.377 e. The van der Waals surface area contributed by atoms with E-state index in [0.717, 1.165) is 18.9 Å². The third-order valence-electron chi connectivity index (χ3n) is 2.26. The minimum atomic E-state index is -1.12. The lowest BCUT2D eigenvalue weighted by molar-refractivity contribution is -0.386. The molecule has 16 heavy (non-hydrogen) atoms. The van der Waals surface area contributed by atoms with Crippen molar-refractivity contribution in [2.75, 3.05) is 5.32 Å². The van der Waals surface area contributed by atoms with Gasteiger partial charge >= 0.3 is 5.69 Å². The molecule has 0 radical (unpaired) electrons. The van der Waals surface area contributed by atoms with Gasteiger partial charge in [-0.2, -0.15) is 4.39 Å². The summed E-state index contributed by atoms with van der Waals surface area (Å²) in [5, 5.41) is 13.5. The smallest absolute Gasteiger partial charge is 0.328 e. The maximum Gasteiger partial charge on any atom is 0.328 e. The van der Waals surface area contributed by atoms with Crippen molar-refractivity contribution >= 4 is 34.0 Å². The molecule has 0 aliphatic heterocycles. The first-order valence-corrected chi connectivity index (χ1v) is 5.67. The molecule has 0 saturated heterocycles. The van der Waals surface area contributed by atoms with Crippen molar-refractivity contribution in [2.45, 2.75) is 18.9 Å². The predicted octanol–water partition coefficient (Wildman–Crippen LogP) is 3.05. The third-order valence-corrected chi connectivity index (χ3v) is 3.24. The van der Waals surface area contributed by atoms with Crippen LogP contribution in [0.15, 0.2) is 6.07 Å². The highest BCUT2D eigenvalue weighted by atomic mass is 127. The Kier molecular flexibility index (Phi) is 2.96. The molecule has 0 amide bonds. The van der Waals surface area contributed by atoms with Crippen molar-refractivity contribution in [2.24, 2.45) is 0 Å². The summed E-state index contributed by atoms with van der Waals surface area (Å²) < 4.78 is 26.4. The van der Waals surface area contributed by atoms with Crippen LogP contribution in [0, 0.1) is 25.3 Å². The molecule has 0 atom stereocenters. The van der Waals surface area contributed by atoms with E-state index in [1.54, 1.807) is 0 Å². The van der Waals surface area contributed by atoms with Gasteiger partial charge in [0.25, 0.3) is 0 Å². The second-order valence-electron chi connectivity index (χ2n) is 3.56. The van der Waals surface area contributed by atoms with E-state index in [1.807, 2.05) is 0 Å². The Morgan fingerprint density at radius 1 is 1.50 bits per heavy atom. The van der Waals surface area contributed by atoms with E-state index >= 15 is 0 Å². The van der Waals surface area contributed by atoms with Crippen LogP contribution in [0.4, 0.5) is 20.2 Å². The fraction of sp³-hybridized carbons (Fsp3) is 0.333. The monoisotopic (exact) mass is 340 g/mol. The number of benzene rings is 1. The van der Waals surface area contributed by atoms with Crippen molar-refractivity contribution in [1.29, 1.82) is 0 Å². The maximum atomic E-state index is 13.5. The number of hydrogen-bond donors (Lipinski definition) is 1. The molecule has 1 fully saturated rings. The first kappa shape index (κ1) is 11.5. The van der Waals surface area contributed by atoms with Crippen molar-refractivity contribution in [1.82, 2.24) is 0 Å². The Labute approximate surface area is 103 Å². The molecule has 0 aromatic heterocycles. The van der Waals surface area contributed by atoms with Gasteiger partial charge in [0.2, 0.25) is 5.82 Å². The fourth-order valence-electron chi connectivity index (χ4n) is 1.32. The molecule has 1 aromatic carbocycles. The van der Waals surface area contributed by atoms with Crippen LogP contribution in [0.1, 0.15) is 12.8 Å². The number of hydrogen-bond acceptors (Lipinski definition) is 3. The SMILES string of the molecule is O=[N+]([O-])c1c(NC2CC2)cc(F)c(I)c1F. The molecule has 1 saturated carbocycles. The lowest BCUT2D eigenvalue weighted by Crippen LogP contribution is -2.08. The van der Waals surface area contributed by atoms with Crippen LogP contribution in [0.3, 0.4) is 0 Å². The van der Waals surface area contributed by atoms with Gasteiger partial charge in [-0.25, -0.2) is 4.39 Å². The summed E-state index contributed by atoms with van der Waals surface area (Å²) in [5.74, 6) is -1.90. The fourth-order valence-corrected chi connectivity index (χ4v) is 1.73. The summed E-state index contributed by atoms with van der Waals surface area (Å²) in [6.07, 6.45) is 1.73. The van der Waals surface area contributed by atoms with Crippen molar-refractivity contribution in [3.05, 3.63) is 31.4 Å². The van der Waals surface area contributed by atoms with Crippen LogP contribution >= 0.6 is 22.6 Å². The van der Waals surface area contributed by atoms with E-state index in [9.17, 15) is 18.9 Å². The Morgan fingerprint density at radius 2 is 2.12 bits per heavy atom. The first-order valence-electron chi connectivity index (χ1n) is 4.59. The van der Waals surface area contributed by atoms with Crippen LogP contribution < -0.4 is 5.32 Å². The third kappa shape index (κ3) is 2.08. The molecule has 0 heterocycles. The van der Waals surface area contributed by atoms with Gasteiger partial charge in [0.05, 0.1) is 8.49 Å². The molecule has 1 aromatic rings. The number of anilines is 1. The summed E-state index contributed by atoms with van der Waals surface area (Å²) in [5.41, 5.74) is -0.763. The number of nitrogens with one attached hydrogen (secondary N) is 1. The minimum absolute atomic E-state index is 0.0806. The molecule has 2 rings (SSSR count). The van der Waals surface area contributed by atoms with Crippen LogP contribution in [0.2, 0.25) is 0 Å². The van der Waals surface area contributed by atoms with E-state index in [0.29, 0.717) is 0 Å². The highest BCUT2D eigenvalue weighted by molar-refractivity contribution is 14.1. The zero-order valence-corrected chi connectivity index (χ0v) is 10.1. The molecule has 1 N–H and O–H groups in total. The topological polar surface area (TPSA) is 55.2 Å². The van der Waals surface area contributed by atoms with E-state index in [1.165, 1.54) is 22.6 Å². The number of nitro benzene ring substituents is 1. The number of halogens is 3. The average molecular weight is 340 g/mol. The van der Waals surface area contributed by atoms with Crippen LogP contribution in [0.5, 0.6) is 0 Å². The zero-order chi connectivity index (χ0) is 11.9. The Bertz CT molecular complexity index is 463. The number of nitro groups is 1. The van der Waals surface area contributed by atoms with E-state index in [4.69, 9.17) is 0 Å². The molecule has 0 unspecified atom stereocenters.